The Morgan fingerprint density at radius 2 is 1.66 bits per heavy atom. The van der Waals surface area contributed by atoms with Crippen LogP contribution in [0.2, 0.25) is 10.0 Å². The van der Waals surface area contributed by atoms with Gasteiger partial charge in [0.25, 0.3) is 0 Å². The van der Waals surface area contributed by atoms with Gasteiger partial charge in [0, 0.05) is 6.42 Å². The summed E-state index contributed by atoms with van der Waals surface area (Å²) in [6.45, 7) is 5.46. The van der Waals surface area contributed by atoms with Crippen LogP contribution in [0.15, 0.2) is 47.8 Å². The molecule has 38 heavy (non-hydrogen) atoms. The number of benzene rings is 2. The van der Waals surface area contributed by atoms with Gasteiger partial charge in [-0.15, -0.1) is 11.3 Å². The van der Waals surface area contributed by atoms with Crippen LogP contribution in [0.25, 0.3) is 11.1 Å². The molecule has 0 fully saturated rings. The SMILES string of the molecule is CCCCOC(=O)C(C)(C)Oc1ccc(CCC(=O)c2cc(-c3ccc(C(F)(F)F)cc3)cs2)c(Cl)c1Cl. The number of alkyl halides is 3. The lowest BCUT2D eigenvalue weighted by Gasteiger charge is -2.25. The highest BCUT2D eigenvalue weighted by molar-refractivity contribution is 7.12. The summed E-state index contributed by atoms with van der Waals surface area (Å²) in [6.07, 6.45) is -2.29. The number of thiophene rings is 1. The minimum atomic E-state index is -4.40. The average Bonchev–Trinajstić information content (AvgIpc) is 3.36. The van der Waals surface area contributed by atoms with E-state index in [4.69, 9.17) is 32.7 Å². The van der Waals surface area contributed by atoms with Crippen LogP contribution in [0.5, 0.6) is 5.75 Å². The molecule has 1 aromatic heterocycles. The zero-order valence-electron chi connectivity index (χ0n) is 21.1. The lowest BCUT2D eigenvalue weighted by molar-refractivity contribution is -0.159. The number of ketones is 1. The first-order valence-corrected chi connectivity index (χ1v) is 13.6. The van der Waals surface area contributed by atoms with Crippen molar-refractivity contribution in [1.82, 2.24) is 0 Å². The molecule has 0 saturated heterocycles. The molecule has 2 aromatic carbocycles. The van der Waals surface area contributed by atoms with Gasteiger partial charge in [0.15, 0.2) is 11.4 Å². The first-order chi connectivity index (χ1) is 17.8. The van der Waals surface area contributed by atoms with Crippen LogP contribution in [0.3, 0.4) is 0 Å². The van der Waals surface area contributed by atoms with E-state index in [0.29, 0.717) is 34.6 Å². The molecular formula is C28H27Cl2F3O4S. The number of carbonyl (C=O) groups excluding carboxylic acids is 2. The molecule has 204 valence electrons. The van der Waals surface area contributed by atoms with E-state index in [9.17, 15) is 22.8 Å². The van der Waals surface area contributed by atoms with E-state index < -0.39 is 23.3 Å². The summed E-state index contributed by atoms with van der Waals surface area (Å²) in [4.78, 5) is 25.6. The molecule has 0 N–H and O–H groups in total. The van der Waals surface area contributed by atoms with Crippen LogP contribution < -0.4 is 4.74 Å². The van der Waals surface area contributed by atoms with E-state index in [0.717, 1.165) is 25.0 Å². The number of hydrogen-bond donors (Lipinski definition) is 0. The molecule has 3 rings (SSSR count). The Hall–Kier alpha value is -2.55. The summed E-state index contributed by atoms with van der Waals surface area (Å²) in [5.74, 6) is -0.417. The molecule has 0 radical (unpaired) electrons. The van der Waals surface area contributed by atoms with E-state index in [2.05, 4.69) is 0 Å². The third-order valence-electron chi connectivity index (χ3n) is 5.76. The highest BCUT2D eigenvalue weighted by Crippen LogP contribution is 2.38. The predicted molar refractivity (Wildman–Crippen MR) is 144 cm³/mol. The van der Waals surface area contributed by atoms with Gasteiger partial charge in [-0.3, -0.25) is 4.79 Å². The van der Waals surface area contributed by atoms with Gasteiger partial charge < -0.3 is 9.47 Å². The number of esters is 1. The molecule has 0 spiro atoms. The second-order valence-corrected chi connectivity index (χ2v) is 10.8. The summed E-state index contributed by atoms with van der Waals surface area (Å²) >= 11 is 14.1. The Kier molecular flexibility index (Phi) is 9.90. The van der Waals surface area contributed by atoms with Gasteiger partial charge >= 0.3 is 12.1 Å². The second-order valence-electron chi connectivity index (χ2n) is 9.15. The Morgan fingerprint density at radius 3 is 2.29 bits per heavy atom. The van der Waals surface area contributed by atoms with Crippen LogP contribution in [-0.2, 0) is 22.1 Å². The fourth-order valence-electron chi connectivity index (χ4n) is 3.50. The van der Waals surface area contributed by atoms with Gasteiger partial charge in [-0.1, -0.05) is 54.7 Å². The van der Waals surface area contributed by atoms with Crippen molar-refractivity contribution < 1.29 is 32.2 Å². The Labute approximate surface area is 233 Å². The van der Waals surface area contributed by atoms with Crippen LogP contribution in [0.1, 0.15) is 60.8 Å². The number of Topliss-reactive ketones (excluding diaryl/α,β-unsaturated/α-hetero) is 1. The summed E-state index contributed by atoms with van der Waals surface area (Å²) < 4.78 is 49.5. The van der Waals surface area contributed by atoms with Gasteiger partial charge in [-0.25, -0.2) is 4.79 Å². The molecule has 0 aliphatic rings. The first-order valence-electron chi connectivity index (χ1n) is 12.0. The van der Waals surface area contributed by atoms with Crippen molar-refractivity contribution in [2.45, 2.75) is 58.2 Å². The van der Waals surface area contributed by atoms with Crippen LogP contribution in [0, 0.1) is 0 Å². The van der Waals surface area contributed by atoms with E-state index in [1.165, 1.54) is 23.5 Å². The van der Waals surface area contributed by atoms with E-state index in [1.54, 1.807) is 37.4 Å². The Balaban J connectivity index is 1.63. The van der Waals surface area contributed by atoms with Gasteiger partial charge in [0.1, 0.15) is 10.8 Å². The van der Waals surface area contributed by atoms with Gasteiger partial charge in [0.2, 0.25) is 0 Å². The van der Waals surface area contributed by atoms with E-state index in [-0.39, 0.29) is 28.0 Å². The van der Waals surface area contributed by atoms with E-state index in [1.807, 2.05) is 6.92 Å². The molecule has 0 bridgehead atoms. The molecule has 0 atom stereocenters. The third kappa shape index (κ3) is 7.52. The fourth-order valence-corrected chi connectivity index (χ4v) is 4.86. The first kappa shape index (κ1) is 30.0. The maximum absolute atomic E-state index is 12.8. The number of aryl methyl sites for hydroxylation is 1. The largest absolute Gasteiger partial charge is 0.475 e. The predicted octanol–water partition coefficient (Wildman–Crippen LogP) is 9.06. The van der Waals surface area contributed by atoms with Crippen molar-refractivity contribution >= 4 is 46.3 Å². The number of unbranched alkanes of at least 4 members (excludes halogenated alkanes) is 1. The zero-order chi connectivity index (χ0) is 28.1. The van der Waals surface area contributed by atoms with Gasteiger partial charge in [-0.05, 0) is 73.0 Å². The summed E-state index contributed by atoms with van der Waals surface area (Å²) in [6, 6.07) is 9.77. The van der Waals surface area contributed by atoms with Crippen LogP contribution >= 0.6 is 34.5 Å². The van der Waals surface area contributed by atoms with E-state index >= 15 is 0 Å². The van der Waals surface area contributed by atoms with Gasteiger partial charge in [0.05, 0.1) is 22.1 Å². The van der Waals surface area contributed by atoms with Crippen molar-refractivity contribution in [1.29, 1.82) is 0 Å². The average molecular weight is 587 g/mol. The lowest BCUT2D eigenvalue weighted by Crippen LogP contribution is -2.40. The molecule has 0 saturated carbocycles. The van der Waals surface area contributed by atoms with Crippen molar-refractivity contribution in [3.8, 4) is 16.9 Å². The van der Waals surface area contributed by atoms with Crippen LogP contribution in [-0.4, -0.2) is 24.0 Å². The minimum Gasteiger partial charge on any atom is -0.475 e. The number of carbonyl (C=O) groups is 2. The van der Waals surface area contributed by atoms with Crippen molar-refractivity contribution in [3.05, 3.63) is 73.9 Å². The molecular weight excluding hydrogens is 560 g/mol. The number of halogens is 5. The maximum atomic E-state index is 12.8. The fraction of sp³-hybridized carbons (Fsp3) is 0.357. The number of hydrogen-bond acceptors (Lipinski definition) is 5. The molecule has 0 amide bonds. The topological polar surface area (TPSA) is 52.6 Å². The van der Waals surface area contributed by atoms with Crippen molar-refractivity contribution in [2.24, 2.45) is 0 Å². The quantitative estimate of drug-likeness (QED) is 0.128. The molecule has 4 nitrogen and oxygen atoms in total. The highest BCUT2D eigenvalue weighted by atomic mass is 35.5. The molecule has 10 heteroatoms. The Morgan fingerprint density at radius 1 is 0.974 bits per heavy atom. The normalized spacial score (nSPS) is 11.9. The Bertz CT molecular complexity index is 1280. The standard InChI is InChI=1S/C28H27Cl2F3O4S/c1-4-5-14-36-26(35)27(2,3)37-22-13-9-18(24(29)25(22)30)8-12-21(34)23-15-19(16-38-23)17-6-10-20(11-7-17)28(31,32)33/h6-7,9-11,13,15-16H,4-5,8,12,14H2,1-3H3. The smallest absolute Gasteiger partial charge is 0.416 e. The maximum Gasteiger partial charge on any atom is 0.416 e. The van der Waals surface area contributed by atoms with Crippen LogP contribution in [0.4, 0.5) is 13.2 Å². The third-order valence-corrected chi connectivity index (χ3v) is 7.63. The lowest BCUT2D eigenvalue weighted by atomic mass is 10.0. The molecule has 1 heterocycles. The summed E-state index contributed by atoms with van der Waals surface area (Å²) in [5, 5.41) is 2.09. The molecule has 0 aliphatic heterocycles. The summed E-state index contributed by atoms with van der Waals surface area (Å²) in [7, 11) is 0. The number of rotatable bonds is 11. The second kappa shape index (κ2) is 12.5. The molecule has 0 unspecified atom stereocenters. The molecule has 3 aromatic rings. The monoisotopic (exact) mass is 586 g/mol. The minimum absolute atomic E-state index is 0.128. The number of ether oxygens (including phenoxy) is 2. The highest BCUT2D eigenvalue weighted by Gasteiger charge is 2.33. The van der Waals surface area contributed by atoms with Crippen molar-refractivity contribution in [3.63, 3.8) is 0 Å². The molecule has 0 aliphatic carbocycles. The zero-order valence-corrected chi connectivity index (χ0v) is 23.4. The van der Waals surface area contributed by atoms with Crippen molar-refractivity contribution in [2.75, 3.05) is 6.61 Å². The van der Waals surface area contributed by atoms with Gasteiger partial charge in [-0.2, -0.15) is 13.2 Å². The summed E-state index contributed by atoms with van der Waals surface area (Å²) in [5.41, 5.74) is -0.0981.